The monoisotopic (exact) mass is 157 g/mol. The van der Waals surface area contributed by atoms with E-state index in [1.165, 1.54) is 11.8 Å². The summed E-state index contributed by atoms with van der Waals surface area (Å²) in [6, 6.07) is 0. The summed E-state index contributed by atoms with van der Waals surface area (Å²) in [6.07, 6.45) is 3.42. The number of rotatable bonds is 3. The zero-order valence-corrected chi connectivity index (χ0v) is 6.78. The predicted octanol–water partition coefficient (Wildman–Crippen LogP) is 2.39. The first-order valence-corrected chi connectivity index (χ1v) is 3.84. The molecule has 0 heterocycles. The van der Waals surface area contributed by atoms with E-state index in [1.807, 2.05) is 6.92 Å². The molecule has 0 saturated carbocycles. The number of hydrogen-bond donors (Lipinski definition) is 1. The van der Waals surface area contributed by atoms with Crippen LogP contribution in [0, 0.1) is 5.41 Å². The van der Waals surface area contributed by atoms with E-state index < -0.39 is 0 Å². The summed E-state index contributed by atoms with van der Waals surface area (Å²) in [7, 11) is 0. The Kier molecular flexibility index (Phi) is 5.97. The first-order valence-electron chi connectivity index (χ1n) is 2.96. The van der Waals surface area contributed by atoms with Crippen molar-refractivity contribution in [2.24, 2.45) is 0 Å². The molecule has 0 spiro atoms. The zero-order valence-electron chi connectivity index (χ0n) is 5.96. The molecule has 0 atom stereocenters. The van der Waals surface area contributed by atoms with Crippen molar-refractivity contribution in [3.63, 3.8) is 0 Å². The summed E-state index contributed by atoms with van der Waals surface area (Å²) < 4.78 is 4.85. The molecule has 0 bridgehead atoms. The third-order valence-corrected chi connectivity index (χ3v) is 1.29. The molecule has 0 amide bonds. The maximum Gasteiger partial charge on any atom is 0.247 e. The van der Waals surface area contributed by atoms with Crippen LogP contribution in [0.1, 0.15) is 6.92 Å². The average molecular weight is 157 g/mol. The molecule has 0 aliphatic heterocycles. The smallest absolute Gasteiger partial charge is 0.247 e. The van der Waals surface area contributed by atoms with Gasteiger partial charge < -0.3 is 4.74 Å². The summed E-state index contributed by atoms with van der Waals surface area (Å²) in [5.41, 5.74) is 0. The van der Waals surface area contributed by atoms with E-state index >= 15 is 0 Å². The van der Waals surface area contributed by atoms with Crippen molar-refractivity contribution in [1.82, 2.24) is 0 Å². The highest BCUT2D eigenvalue weighted by Crippen LogP contribution is 2.04. The molecule has 0 aliphatic carbocycles. The first kappa shape index (κ1) is 9.30. The van der Waals surface area contributed by atoms with Crippen LogP contribution < -0.4 is 0 Å². The Bertz CT molecular complexity index is 143. The van der Waals surface area contributed by atoms with E-state index in [2.05, 4.69) is 6.58 Å². The Morgan fingerprint density at radius 2 is 2.50 bits per heavy atom. The van der Waals surface area contributed by atoms with E-state index in [4.69, 9.17) is 10.1 Å². The number of thioether (sulfide) groups is 1. The van der Waals surface area contributed by atoms with Gasteiger partial charge in [-0.05, 0) is 24.1 Å². The molecule has 56 valence electrons. The number of hydrogen-bond acceptors (Lipinski definition) is 3. The van der Waals surface area contributed by atoms with Crippen LogP contribution in [-0.2, 0) is 4.74 Å². The minimum atomic E-state index is 0.223. The maximum absolute atomic E-state index is 7.12. The van der Waals surface area contributed by atoms with E-state index in [9.17, 15) is 0 Å². The third kappa shape index (κ3) is 5.44. The zero-order chi connectivity index (χ0) is 7.82. The molecule has 10 heavy (non-hydrogen) atoms. The van der Waals surface area contributed by atoms with Crippen molar-refractivity contribution in [3.05, 3.63) is 24.1 Å². The molecular weight excluding hydrogens is 146 g/mol. The largest absolute Gasteiger partial charge is 0.473 e. The Morgan fingerprint density at radius 1 is 1.80 bits per heavy atom. The quantitative estimate of drug-likeness (QED) is 0.387. The summed E-state index contributed by atoms with van der Waals surface area (Å²) in [5.74, 6) is 0. The maximum atomic E-state index is 7.12. The molecule has 0 rings (SSSR count). The van der Waals surface area contributed by atoms with Gasteiger partial charge in [0, 0.05) is 0 Å². The molecule has 0 unspecified atom stereocenters. The summed E-state index contributed by atoms with van der Waals surface area (Å²) in [6.45, 7) is 5.89. The molecule has 2 nitrogen and oxygen atoms in total. The highest BCUT2D eigenvalue weighted by Gasteiger charge is 1.89. The van der Waals surface area contributed by atoms with Crippen molar-refractivity contribution in [1.29, 1.82) is 5.41 Å². The van der Waals surface area contributed by atoms with Gasteiger partial charge in [-0.1, -0.05) is 18.7 Å². The van der Waals surface area contributed by atoms with Crippen molar-refractivity contribution in [3.8, 4) is 0 Å². The number of nitrogens with one attached hydrogen (secondary N) is 1. The van der Waals surface area contributed by atoms with E-state index in [0.717, 1.165) is 0 Å². The van der Waals surface area contributed by atoms with E-state index in [0.29, 0.717) is 6.61 Å². The second kappa shape index (κ2) is 6.42. The molecule has 3 heteroatoms. The highest BCUT2D eigenvalue weighted by molar-refractivity contribution is 8.15. The number of allylic oxidation sites excluding steroid dienone is 2. The fourth-order valence-electron chi connectivity index (χ4n) is 0.322. The summed E-state index contributed by atoms with van der Waals surface area (Å²) in [5, 5.41) is 9.10. The molecule has 0 aliphatic rings. The van der Waals surface area contributed by atoms with Crippen molar-refractivity contribution in [2.45, 2.75) is 6.92 Å². The second-order valence-electron chi connectivity index (χ2n) is 1.40. The lowest BCUT2D eigenvalue weighted by Gasteiger charge is -1.98. The number of ether oxygens (including phenoxy) is 1. The second-order valence-corrected chi connectivity index (χ2v) is 2.28. The van der Waals surface area contributed by atoms with E-state index in [-0.39, 0.29) is 5.23 Å². The van der Waals surface area contributed by atoms with Crippen LogP contribution in [0.3, 0.4) is 0 Å². The van der Waals surface area contributed by atoms with Crippen LogP contribution in [0.4, 0.5) is 0 Å². The van der Waals surface area contributed by atoms with Crippen LogP contribution in [0.25, 0.3) is 0 Å². The minimum Gasteiger partial charge on any atom is -0.473 e. The van der Waals surface area contributed by atoms with Gasteiger partial charge in [-0.2, -0.15) is 0 Å². The van der Waals surface area contributed by atoms with Gasteiger partial charge in [-0.3, -0.25) is 5.41 Å². The van der Waals surface area contributed by atoms with E-state index in [1.54, 1.807) is 17.6 Å². The summed E-state index contributed by atoms with van der Waals surface area (Å²) in [4.78, 5) is 0. The third-order valence-electron chi connectivity index (χ3n) is 0.665. The van der Waals surface area contributed by atoms with Gasteiger partial charge in [-0.25, -0.2) is 0 Å². The molecule has 0 radical (unpaired) electrons. The Labute approximate surface area is 65.5 Å². The Balaban J connectivity index is 3.38. The fraction of sp³-hybridized carbons (Fsp3) is 0.286. The lowest BCUT2D eigenvalue weighted by atomic mass is 10.6. The lowest BCUT2D eigenvalue weighted by Crippen LogP contribution is -1.94. The highest BCUT2D eigenvalue weighted by atomic mass is 32.2. The van der Waals surface area contributed by atoms with Gasteiger partial charge >= 0.3 is 0 Å². The SMILES string of the molecule is C=C/C=C/SC(=N)OCC. The molecular formula is C7H11NOS. The molecule has 0 aromatic carbocycles. The predicted molar refractivity (Wildman–Crippen MR) is 46.3 cm³/mol. The Morgan fingerprint density at radius 3 is 3.00 bits per heavy atom. The molecule has 0 fully saturated rings. The lowest BCUT2D eigenvalue weighted by molar-refractivity contribution is 0.335. The van der Waals surface area contributed by atoms with Crippen molar-refractivity contribution < 1.29 is 4.74 Å². The van der Waals surface area contributed by atoms with Crippen LogP contribution in [-0.4, -0.2) is 11.8 Å². The molecule has 0 aromatic heterocycles. The van der Waals surface area contributed by atoms with Crippen LogP contribution in [0.5, 0.6) is 0 Å². The molecule has 1 N–H and O–H groups in total. The van der Waals surface area contributed by atoms with Gasteiger partial charge in [0.05, 0.1) is 6.61 Å². The van der Waals surface area contributed by atoms with Crippen molar-refractivity contribution >= 4 is 17.0 Å². The van der Waals surface area contributed by atoms with Gasteiger partial charge in [0.15, 0.2) is 0 Å². The minimum absolute atomic E-state index is 0.223. The van der Waals surface area contributed by atoms with Gasteiger partial charge in [-0.15, -0.1) is 0 Å². The molecule has 0 saturated heterocycles. The van der Waals surface area contributed by atoms with Gasteiger partial charge in [0.1, 0.15) is 0 Å². The first-order chi connectivity index (χ1) is 4.81. The normalized spacial score (nSPS) is 9.70. The Hall–Kier alpha value is -0.700. The van der Waals surface area contributed by atoms with Crippen LogP contribution >= 0.6 is 11.8 Å². The van der Waals surface area contributed by atoms with Crippen molar-refractivity contribution in [2.75, 3.05) is 6.61 Å². The average Bonchev–Trinajstić information content (AvgIpc) is 1.89. The molecule has 0 aromatic rings. The van der Waals surface area contributed by atoms with Gasteiger partial charge in [0.2, 0.25) is 5.23 Å². The van der Waals surface area contributed by atoms with Gasteiger partial charge in [0.25, 0.3) is 0 Å². The van der Waals surface area contributed by atoms with Crippen LogP contribution in [0.15, 0.2) is 24.1 Å². The standard InChI is InChI=1S/C7H11NOS/c1-3-5-6-10-7(8)9-4-2/h3,5-6,8H,1,4H2,2H3/b6-5+,8-7?. The fourth-order valence-corrected chi connectivity index (χ4v) is 0.821. The summed E-state index contributed by atoms with van der Waals surface area (Å²) >= 11 is 1.23. The topological polar surface area (TPSA) is 33.1 Å². The van der Waals surface area contributed by atoms with Crippen LogP contribution in [0.2, 0.25) is 0 Å².